The molecule has 0 aliphatic heterocycles. The van der Waals surface area contributed by atoms with E-state index in [1.165, 1.54) is 0 Å². The van der Waals surface area contributed by atoms with Crippen LogP contribution in [0.4, 0.5) is 0 Å². The van der Waals surface area contributed by atoms with Crippen LogP contribution in [0.1, 0.15) is 11.1 Å². The maximum atomic E-state index is 9.18. The van der Waals surface area contributed by atoms with E-state index in [9.17, 15) is 5.26 Å². The largest absolute Gasteiger partial charge is 0.397 e. The first-order chi connectivity index (χ1) is 10.4. The van der Waals surface area contributed by atoms with Crippen molar-refractivity contribution in [2.75, 3.05) is 0 Å². The summed E-state index contributed by atoms with van der Waals surface area (Å²) < 4.78 is 12.3. The number of halogens is 1. The van der Waals surface area contributed by atoms with Crippen molar-refractivity contribution in [3.05, 3.63) is 28.3 Å². The van der Waals surface area contributed by atoms with Gasteiger partial charge in [-0.25, -0.2) is 0 Å². The molecule has 0 bridgehead atoms. The van der Waals surface area contributed by atoms with Gasteiger partial charge in [0.2, 0.25) is 0 Å². The summed E-state index contributed by atoms with van der Waals surface area (Å²) in [6.07, 6.45) is 0. The average Bonchev–Trinajstić information content (AvgIpc) is 2.36. The molecule has 1 aromatic rings. The first kappa shape index (κ1) is 20.1. The van der Waals surface area contributed by atoms with Crippen molar-refractivity contribution in [3.8, 4) is 12.1 Å². The van der Waals surface area contributed by atoms with E-state index in [1.807, 2.05) is 12.1 Å². The second kappa shape index (κ2) is 7.75. The Morgan fingerprint density at radius 1 is 0.957 bits per heavy atom. The third-order valence-electron chi connectivity index (χ3n) is 2.54. The van der Waals surface area contributed by atoms with Gasteiger partial charge in [0, 0.05) is 5.02 Å². The normalized spacial score (nSPS) is 12.1. The van der Waals surface area contributed by atoms with Gasteiger partial charge >= 0.3 is 0 Å². The van der Waals surface area contributed by atoms with Crippen LogP contribution in [0.2, 0.25) is 44.3 Å². The van der Waals surface area contributed by atoms with Crippen LogP contribution in [-0.2, 0) is 8.85 Å². The third kappa shape index (κ3) is 7.00. The Morgan fingerprint density at radius 3 is 1.78 bits per heavy atom. The number of nitrogens with zero attached hydrogens (tertiary/aromatic N) is 2. The van der Waals surface area contributed by atoms with Crippen LogP contribution < -0.4 is 5.19 Å². The van der Waals surface area contributed by atoms with Crippen molar-refractivity contribution in [2.45, 2.75) is 45.2 Å². The Bertz CT molecular complexity index is 639. The van der Waals surface area contributed by atoms with Crippen molar-refractivity contribution in [1.29, 1.82) is 10.5 Å². The highest BCUT2D eigenvalue weighted by Crippen LogP contribution is 2.17. The van der Waals surface area contributed by atoms with Gasteiger partial charge in [-0.3, -0.25) is 0 Å². The zero-order valence-corrected chi connectivity index (χ0v) is 18.1. The Labute approximate surface area is 148 Å². The Kier molecular flexibility index (Phi) is 6.78. The van der Waals surface area contributed by atoms with E-state index in [1.54, 1.807) is 12.1 Å². The molecule has 0 heterocycles. The zero-order chi connectivity index (χ0) is 17.8. The number of benzene rings is 1. The summed E-state index contributed by atoms with van der Waals surface area (Å²) in [5.74, 6) is -0.356. The van der Waals surface area contributed by atoms with Crippen molar-refractivity contribution in [3.63, 3.8) is 0 Å². The van der Waals surface area contributed by atoms with Gasteiger partial charge in [0.15, 0.2) is 26.2 Å². The minimum Gasteiger partial charge on any atom is -0.397 e. The molecule has 2 radical (unpaired) electrons. The first-order valence-electron chi connectivity index (χ1n) is 7.21. The molecule has 0 aliphatic rings. The molecule has 8 heteroatoms. The van der Waals surface area contributed by atoms with Crippen LogP contribution in [0.25, 0.3) is 0 Å². The van der Waals surface area contributed by atoms with Crippen molar-refractivity contribution < 1.29 is 8.85 Å². The molecule has 0 saturated carbocycles. The molecule has 122 valence electrons. The molecule has 1 aromatic carbocycles. The van der Waals surface area contributed by atoms with E-state index >= 15 is 0 Å². The van der Waals surface area contributed by atoms with Crippen LogP contribution in [0.3, 0.4) is 0 Å². The van der Waals surface area contributed by atoms with Gasteiger partial charge < -0.3 is 8.85 Å². The smallest absolute Gasteiger partial charge is 0.186 e. The van der Waals surface area contributed by atoms with Gasteiger partial charge in [0.25, 0.3) is 0 Å². The molecule has 0 fully saturated rings. The fourth-order valence-electron chi connectivity index (χ4n) is 1.72. The molecule has 0 aromatic heterocycles. The molecule has 0 unspecified atom stereocenters. The van der Waals surface area contributed by atoms with E-state index < -0.39 is 16.6 Å². The van der Waals surface area contributed by atoms with Crippen molar-refractivity contribution >= 4 is 42.9 Å². The first-order valence-corrected chi connectivity index (χ1v) is 15.5. The lowest BCUT2D eigenvalue weighted by atomic mass is 10.1. The second-order valence-electron chi connectivity index (χ2n) is 7.04. The van der Waals surface area contributed by atoms with Gasteiger partial charge in [0.1, 0.15) is 18.1 Å². The summed E-state index contributed by atoms with van der Waals surface area (Å²) in [5.41, 5.74) is 0.624. The standard InChI is InChI=1S/C15H21ClN2O2Si3/c1-22(2,3)19-15(20-23(4,5)6)21-14-8-12(10-18)11(9-17)7-13(14)16/h7-8,15H,1-6H3. The summed E-state index contributed by atoms with van der Waals surface area (Å²) >= 11 is 6.28. The van der Waals surface area contributed by atoms with Gasteiger partial charge in [-0.05, 0) is 56.6 Å². The van der Waals surface area contributed by atoms with Crippen LogP contribution in [0.15, 0.2) is 12.1 Å². The predicted molar refractivity (Wildman–Crippen MR) is 98.9 cm³/mol. The highest BCUT2D eigenvalue weighted by Gasteiger charge is 2.28. The third-order valence-corrected chi connectivity index (χ3v) is 6.52. The van der Waals surface area contributed by atoms with E-state index in [-0.39, 0.29) is 15.4 Å². The number of hydrogen-bond acceptors (Lipinski definition) is 4. The molecule has 1 rings (SSSR count). The Balaban J connectivity index is 3.13. The summed E-state index contributed by atoms with van der Waals surface area (Å²) in [7, 11) is -3.40. The zero-order valence-electron chi connectivity index (χ0n) is 14.3. The number of nitriles is 2. The second-order valence-corrected chi connectivity index (χ2v) is 17.7. The molecule has 23 heavy (non-hydrogen) atoms. The highest BCUT2D eigenvalue weighted by molar-refractivity contribution is 6.72. The minimum absolute atomic E-state index is 0.171. The summed E-state index contributed by atoms with van der Waals surface area (Å²) in [5, 5.41) is 19.5. The van der Waals surface area contributed by atoms with Crippen molar-refractivity contribution in [1.82, 2.24) is 0 Å². The van der Waals surface area contributed by atoms with Gasteiger partial charge in [-0.1, -0.05) is 11.6 Å². The average molecular weight is 381 g/mol. The van der Waals surface area contributed by atoms with Crippen LogP contribution in [0, 0.1) is 22.7 Å². The van der Waals surface area contributed by atoms with E-state index in [4.69, 9.17) is 25.7 Å². The molecule has 0 amide bonds. The maximum absolute atomic E-state index is 9.18. The molecular weight excluding hydrogens is 360 g/mol. The van der Waals surface area contributed by atoms with Gasteiger partial charge in [-0.15, -0.1) is 0 Å². The highest BCUT2D eigenvalue weighted by atomic mass is 35.5. The van der Waals surface area contributed by atoms with E-state index in [0.717, 1.165) is 5.19 Å². The van der Waals surface area contributed by atoms with Crippen molar-refractivity contribution in [2.24, 2.45) is 0 Å². The lowest BCUT2D eigenvalue weighted by Crippen LogP contribution is -2.46. The topological polar surface area (TPSA) is 66.0 Å². The summed E-state index contributed by atoms with van der Waals surface area (Å²) in [6, 6.07) is 7.25. The van der Waals surface area contributed by atoms with E-state index in [2.05, 4.69) is 39.3 Å². The van der Waals surface area contributed by atoms with Crippen LogP contribution >= 0.6 is 11.6 Å². The SMILES string of the molecule is C[Si](C)(C)OC(O[Si](C)(C)C)[Si]c1cc(C#N)c(C#N)cc1Cl. The monoisotopic (exact) mass is 380 g/mol. The Morgan fingerprint density at radius 2 is 1.39 bits per heavy atom. The molecule has 0 spiro atoms. The molecule has 0 N–H and O–H groups in total. The lowest BCUT2D eigenvalue weighted by Gasteiger charge is -2.31. The quantitative estimate of drug-likeness (QED) is 0.560. The molecule has 0 atom stereocenters. The Hall–Kier alpha value is -0.939. The summed E-state index contributed by atoms with van der Waals surface area (Å²) in [6.45, 7) is 12.7. The van der Waals surface area contributed by atoms with Gasteiger partial charge in [-0.2, -0.15) is 10.5 Å². The molecule has 0 saturated heterocycles. The summed E-state index contributed by atoms with van der Waals surface area (Å²) in [4.78, 5) is 0. The minimum atomic E-state index is -1.79. The number of hydrogen-bond donors (Lipinski definition) is 0. The van der Waals surface area contributed by atoms with Crippen LogP contribution in [0.5, 0.6) is 0 Å². The van der Waals surface area contributed by atoms with Gasteiger partial charge in [0.05, 0.1) is 11.1 Å². The maximum Gasteiger partial charge on any atom is 0.186 e. The molecular formula is C15H21ClN2O2Si3. The predicted octanol–water partition coefficient (Wildman–Crippen LogP) is 3.40. The number of rotatable bonds is 6. The molecule has 4 nitrogen and oxygen atoms in total. The van der Waals surface area contributed by atoms with E-state index in [0.29, 0.717) is 16.1 Å². The van der Waals surface area contributed by atoms with Crippen LogP contribution in [-0.4, -0.2) is 32.1 Å². The fourth-order valence-corrected chi connectivity index (χ4v) is 6.81. The fraction of sp³-hybridized carbons (Fsp3) is 0.467. The molecule has 0 aliphatic carbocycles. The lowest BCUT2D eigenvalue weighted by molar-refractivity contribution is 0.0620.